The Morgan fingerprint density at radius 3 is 2.31 bits per heavy atom. The lowest BCUT2D eigenvalue weighted by Gasteiger charge is -2.17. The van der Waals surface area contributed by atoms with Crippen LogP contribution in [0.25, 0.3) is 16.6 Å². The highest BCUT2D eigenvalue weighted by Gasteiger charge is 2.31. The van der Waals surface area contributed by atoms with Crippen LogP contribution in [-0.4, -0.2) is 10.5 Å². The first kappa shape index (κ1) is 21.4. The Morgan fingerprint density at radius 2 is 1.59 bits per heavy atom. The summed E-state index contributed by atoms with van der Waals surface area (Å²) >= 11 is 0. The van der Waals surface area contributed by atoms with Crippen molar-refractivity contribution in [2.75, 3.05) is 0 Å². The summed E-state index contributed by atoms with van der Waals surface area (Å²) in [4.78, 5) is 26.3. The van der Waals surface area contributed by atoms with Crippen LogP contribution >= 0.6 is 0 Å². The maximum absolute atomic E-state index is 13.3. The summed E-state index contributed by atoms with van der Waals surface area (Å²) in [6, 6.07) is 21.6. The summed E-state index contributed by atoms with van der Waals surface area (Å²) < 4.78 is 40.9. The number of carbonyl (C=O) groups excluding carboxylic acids is 1. The molecule has 0 fully saturated rings. The van der Waals surface area contributed by atoms with Crippen molar-refractivity contribution in [1.82, 2.24) is 9.88 Å². The van der Waals surface area contributed by atoms with Gasteiger partial charge in [0.2, 0.25) is 0 Å². The number of hydrogen-bond donors (Lipinski definition) is 1. The predicted octanol–water partition coefficient (Wildman–Crippen LogP) is 5.50. The van der Waals surface area contributed by atoms with E-state index in [0.717, 1.165) is 22.3 Å². The fraction of sp³-hybridized carbons (Fsp3) is 0.120. The Kier molecular flexibility index (Phi) is 5.57. The van der Waals surface area contributed by atoms with Crippen molar-refractivity contribution < 1.29 is 18.0 Å². The first-order chi connectivity index (χ1) is 15.3. The van der Waals surface area contributed by atoms with E-state index in [-0.39, 0.29) is 17.3 Å². The number of amides is 1. The number of para-hydroxylation sites is 1. The van der Waals surface area contributed by atoms with Gasteiger partial charge in [0.05, 0.1) is 17.1 Å². The van der Waals surface area contributed by atoms with Gasteiger partial charge in [0.1, 0.15) is 5.56 Å². The van der Waals surface area contributed by atoms with E-state index >= 15 is 0 Å². The quantitative estimate of drug-likeness (QED) is 0.459. The summed E-state index contributed by atoms with van der Waals surface area (Å²) in [5.41, 5.74) is -0.417. The number of rotatable bonds is 4. The number of nitrogens with zero attached hydrogens (tertiary/aromatic N) is 1. The van der Waals surface area contributed by atoms with Gasteiger partial charge < -0.3 is 5.32 Å². The van der Waals surface area contributed by atoms with E-state index in [1.54, 1.807) is 31.2 Å². The summed E-state index contributed by atoms with van der Waals surface area (Å²) in [6.07, 6.45) is -4.56. The van der Waals surface area contributed by atoms with Crippen molar-refractivity contribution in [3.63, 3.8) is 0 Å². The number of alkyl halides is 3. The van der Waals surface area contributed by atoms with Crippen molar-refractivity contribution in [2.24, 2.45) is 0 Å². The molecule has 0 aliphatic heterocycles. The van der Waals surface area contributed by atoms with E-state index in [9.17, 15) is 22.8 Å². The van der Waals surface area contributed by atoms with Gasteiger partial charge >= 0.3 is 6.18 Å². The topological polar surface area (TPSA) is 51.1 Å². The van der Waals surface area contributed by atoms with E-state index in [1.165, 1.54) is 18.2 Å². The van der Waals surface area contributed by atoms with Crippen molar-refractivity contribution in [2.45, 2.75) is 19.1 Å². The van der Waals surface area contributed by atoms with Gasteiger partial charge in [-0.1, -0.05) is 54.6 Å². The standard InChI is InChI=1S/C25H19F3N2O2/c1-16(17-8-3-2-4-9-17)29-23(31)21-14-18-10-5-6-13-22(18)30(24(21)32)20-12-7-11-19(15-20)25(26,27)28/h2-16H,1H3,(H,29,31). The van der Waals surface area contributed by atoms with Gasteiger partial charge in [-0.3, -0.25) is 14.2 Å². The fourth-order valence-electron chi connectivity index (χ4n) is 3.60. The zero-order valence-electron chi connectivity index (χ0n) is 17.1. The molecule has 1 heterocycles. The number of benzene rings is 3. The van der Waals surface area contributed by atoms with E-state index in [1.807, 2.05) is 30.3 Å². The molecule has 32 heavy (non-hydrogen) atoms. The van der Waals surface area contributed by atoms with Crippen LogP contribution in [0.1, 0.15) is 34.5 Å². The second kappa shape index (κ2) is 8.34. The molecule has 0 saturated carbocycles. The monoisotopic (exact) mass is 436 g/mol. The lowest BCUT2D eigenvalue weighted by Crippen LogP contribution is -2.34. The van der Waals surface area contributed by atoms with Crippen LogP contribution in [0, 0.1) is 0 Å². The Balaban J connectivity index is 1.84. The normalized spacial score (nSPS) is 12.5. The van der Waals surface area contributed by atoms with Crippen LogP contribution in [0.5, 0.6) is 0 Å². The third kappa shape index (κ3) is 4.14. The molecule has 0 radical (unpaired) electrons. The summed E-state index contributed by atoms with van der Waals surface area (Å²) in [5.74, 6) is -0.599. The zero-order chi connectivity index (χ0) is 22.9. The van der Waals surface area contributed by atoms with Gasteiger partial charge in [0.25, 0.3) is 11.5 Å². The van der Waals surface area contributed by atoms with Gasteiger partial charge in [-0.15, -0.1) is 0 Å². The van der Waals surface area contributed by atoms with Crippen LogP contribution in [-0.2, 0) is 6.18 Å². The van der Waals surface area contributed by atoms with Crippen LogP contribution < -0.4 is 10.9 Å². The van der Waals surface area contributed by atoms with E-state index in [0.29, 0.717) is 10.9 Å². The lowest BCUT2D eigenvalue weighted by molar-refractivity contribution is -0.137. The third-order valence-electron chi connectivity index (χ3n) is 5.23. The average molecular weight is 436 g/mol. The SMILES string of the molecule is CC(NC(=O)c1cc2ccccc2n(-c2cccc(C(F)(F)F)c2)c1=O)c1ccccc1. The molecular weight excluding hydrogens is 417 g/mol. The van der Waals surface area contributed by atoms with E-state index in [2.05, 4.69) is 5.32 Å². The molecule has 1 atom stereocenters. The molecule has 1 amide bonds. The highest BCUT2D eigenvalue weighted by atomic mass is 19.4. The largest absolute Gasteiger partial charge is 0.416 e. The maximum atomic E-state index is 13.3. The Morgan fingerprint density at radius 1 is 0.906 bits per heavy atom. The van der Waals surface area contributed by atoms with Crippen molar-refractivity contribution in [3.8, 4) is 5.69 Å². The molecule has 1 unspecified atom stereocenters. The van der Waals surface area contributed by atoms with Crippen molar-refractivity contribution in [3.05, 3.63) is 112 Å². The molecule has 0 aliphatic rings. The smallest absolute Gasteiger partial charge is 0.345 e. The first-order valence-corrected chi connectivity index (χ1v) is 9.94. The predicted molar refractivity (Wildman–Crippen MR) is 117 cm³/mol. The van der Waals surface area contributed by atoms with E-state index in [4.69, 9.17) is 0 Å². The second-order valence-corrected chi connectivity index (χ2v) is 7.41. The molecule has 4 aromatic rings. The van der Waals surface area contributed by atoms with Crippen LogP contribution in [0.3, 0.4) is 0 Å². The summed E-state index contributed by atoms with van der Waals surface area (Å²) in [7, 11) is 0. The average Bonchev–Trinajstić information content (AvgIpc) is 2.78. The number of carbonyl (C=O) groups is 1. The van der Waals surface area contributed by atoms with Crippen molar-refractivity contribution in [1.29, 1.82) is 0 Å². The fourth-order valence-corrected chi connectivity index (χ4v) is 3.60. The molecule has 1 N–H and O–H groups in total. The number of fused-ring (bicyclic) bond motifs is 1. The Labute approximate surface area is 181 Å². The number of nitrogens with one attached hydrogen (secondary N) is 1. The third-order valence-corrected chi connectivity index (χ3v) is 5.23. The molecule has 0 aliphatic carbocycles. The molecule has 4 rings (SSSR count). The Hall–Kier alpha value is -3.87. The lowest BCUT2D eigenvalue weighted by atomic mass is 10.1. The molecule has 0 spiro atoms. The minimum atomic E-state index is -4.56. The van der Waals surface area contributed by atoms with Gasteiger partial charge in [-0.25, -0.2) is 0 Å². The van der Waals surface area contributed by atoms with Gasteiger partial charge in [0, 0.05) is 5.69 Å². The molecule has 162 valence electrons. The van der Waals surface area contributed by atoms with Crippen LogP contribution in [0.2, 0.25) is 0 Å². The second-order valence-electron chi connectivity index (χ2n) is 7.41. The van der Waals surface area contributed by atoms with Crippen LogP contribution in [0.15, 0.2) is 89.7 Å². The number of pyridine rings is 1. The highest BCUT2D eigenvalue weighted by Crippen LogP contribution is 2.30. The Bertz CT molecular complexity index is 1340. The van der Waals surface area contributed by atoms with E-state index < -0.39 is 23.2 Å². The molecule has 1 aromatic heterocycles. The molecular formula is C25H19F3N2O2. The molecule has 0 bridgehead atoms. The van der Waals surface area contributed by atoms with Crippen molar-refractivity contribution >= 4 is 16.8 Å². The molecule has 0 saturated heterocycles. The summed E-state index contributed by atoms with van der Waals surface area (Å²) in [5, 5.41) is 3.36. The maximum Gasteiger partial charge on any atom is 0.416 e. The number of hydrogen-bond acceptors (Lipinski definition) is 2. The number of aromatic nitrogens is 1. The minimum Gasteiger partial charge on any atom is -0.345 e. The minimum absolute atomic E-state index is 0.0341. The number of halogens is 3. The highest BCUT2D eigenvalue weighted by molar-refractivity contribution is 5.98. The first-order valence-electron chi connectivity index (χ1n) is 9.94. The van der Waals surface area contributed by atoms with Gasteiger partial charge in [0.15, 0.2) is 0 Å². The van der Waals surface area contributed by atoms with Crippen LogP contribution in [0.4, 0.5) is 13.2 Å². The molecule has 7 heteroatoms. The zero-order valence-corrected chi connectivity index (χ0v) is 17.1. The van der Waals surface area contributed by atoms with Gasteiger partial charge in [-0.2, -0.15) is 13.2 Å². The summed E-state index contributed by atoms with van der Waals surface area (Å²) in [6.45, 7) is 1.79. The molecule has 4 nitrogen and oxygen atoms in total. The molecule has 3 aromatic carbocycles. The van der Waals surface area contributed by atoms with Gasteiger partial charge in [-0.05, 0) is 48.2 Å².